The number of nitrogens with zero attached hydrogens (tertiary/aromatic N) is 1. The van der Waals surface area contributed by atoms with Crippen molar-refractivity contribution in [3.63, 3.8) is 0 Å². The van der Waals surface area contributed by atoms with Crippen LogP contribution in [-0.4, -0.2) is 93.6 Å². The van der Waals surface area contributed by atoms with E-state index in [0.29, 0.717) is 24.1 Å². The second kappa shape index (κ2) is 21.0. The molecule has 0 aromatic rings. The fourth-order valence-electron chi connectivity index (χ4n) is 4.07. The Balaban J connectivity index is 3.81. The van der Waals surface area contributed by atoms with Gasteiger partial charge in [0.05, 0.1) is 34.4 Å². The summed E-state index contributed by atoms with van der Waals surface area (Å²) in [5, 5.41) is 0. The number of esters is 1. The Morgan fingerprint density at radius 3 is 1.61 bits per heavy atom. The predicted molar refractivity (Wildman–Crippen MR) is 152 cm³/mol. The smallest absolute Gasteiger partial charge is 0.458 e. The molecule has 0 aliphatic heterocycles. The van der Waals surface area contributed by atoms with Crippen LogP contribution in [0.1, 0.15) is 96.8 Å². The number of alkyl halides is 7. The van der Waals surface area contributed by atoms with Crippen molar-refractivity contribution in [3.05, 3.63) is 0 Å². The molecule has 0 bridgehead atoms. The highest BCUT2D eigenvalue weighted by Gasteiger charge is 2.72. The first-order chi connectivity index (χ1) is 20.2. The van der Waals surface area contributed by atoms with Gasteiger partial charge >= 0.3 is 31.8 Å². The lowest BCUT2D eigenvalue weighted by atomic mass is 10.0. The standard InChI is InChI=1S/C28H51F7NO7P/c1-24(37)43-25(23-42-44(38,39)41-21-19-36(2,3)4)22-40-20-17-15-13-11-9-7-5-6-8-10-12-14-16-18-26(29,30)27(31,32)28(33,34)35/h25H,5-23H2,1-4H3/p+1/t25-/m1/s1. The Morgan fingerprint density at radius 2 is 1.18 bits per heavy atom. The van der Waals surface area contributed by atoms with E-state index in [2.05, 4.69) is 0 Å². The molecule has 44 heavy (non-hydrogen) atoms. The van der Waals surface area contributed by atoms with Crippen LogP contribution < -0.4 is 0 Å². The van der Waals surface area contributed by atoms with Gasteiger partial charge in [-0.15, -0.1) is 0 Å². The van der Waals surface area contributed by atoms with Crippen molar-refractivity contribution in [1.82, 2.24) is 0 Å². The third-order valence-corrected chi connectivity index (χ3v) is 7.66. The van der Waals surface area contributed by atoms with E-state index in [1.807, 2.05) is 21.1 Å². The molecule has 0 saturated heterocycles. The lowest BCUT2D eigenvalue weighted by Gasteiger charge is -2.28. The topological polar surface area (TPSA) is 91.3 Å². The molecule has 0 aromatic heterocycles. The fraction of sp³-hybridized carbons (Fsp3) is 0.964. The molecule has 0 radical (unpaired) electrons. The van der Waals surface area contributed by atoms with Crippen molar-refractivity contribution in [2.75, 3.05) is 54.1 Å². The molecule has 2 atom stereocenters. The SMILES string of the molecule is CC(=O)O[C@H](COCCCCCCCCCCCCCCCC(F)(F)C(F)(F)C(F)(F)F)COP(=O)(O)OCC[N+](C)(C)C. The van der Waals surface area contributed by atoms with E-state index in [9.17, 15) is 45.0 Å². The molecule has 0 saturated carbocycles. The number of phosphoric acid groups is 1. The molecule has 0 aliphatic rings. The number of likely N-dealkylation sites (N-methyl/N-ethyl adjacent to an activating group) is 1. The van der Waals surface area contributed by atoms with Crippen LogP contribution in [0.3, 0.4) is 0 Å². The number of carbonyl (C=O) groups is 1. The summed E-state index contributed by atoms with van der Waals surface area (Å²) >= 11 is 0. The molecule has 0 spiro atoms. The van der Waals surface area contributed by atoms with E-state index in [1.165, 1.54) is 6.92 Å². The molecular formula is C28H52F7NO7P+. The van der Waals surface area contributed by atoms with Crippen molar-refractivity contribution in [3.8, 4) is 0 Å². The zero-order chi connectivity index (χ0) is 33.9. The minimum atomic E-state index is -6.27. The molecule has 0 aliphatic carbocycles. The maximum atomic E-state index is 13.2. The van der Waals surface area contributed by atoms with Crippen LogP contribution in [0, 0.1) is 0 Å². The molecule has 0 rings (SSSR count). The number of halogens is 7. The van der Waals surface area contributed by atoms with E-state index in [1.54, 1.807) is 0 Å². The molecule has 1 unspecified atom stereocenters. The largest absolute Gasteiger partial charge is 0.472 e. The number of quaternary nitrogens is 1. The van der Waals surface area contributed by atoms with Crippen LogP contribution >= 0.6 is 7.82 Å². The zero-order valence-corrected chi connectivity index (χ0v) is 27.3. The number of rotatable bonds is 27. The molecule has 264 valence electrons. The highest BCUT2D eigenvalue weighted by Crippen LogP contribution is 2.48. The number of ether oxygens (including phenoxy) is 2. The predicted octanol–water partition coefficient (Wildman–Crippen LogP) is 8.07. The molecular weight excluding hydrogens is 626 g/mol. The van der Waals surface area contributed by atoms with Gasteiger partial charge in [-0.05, 0) is 12.8 Å². The average molecular weight is 679 g/mol. The van der Waals surface area contributed by atoms with Gasteiger partial charge in [0, 0.05) is 20.0 Å². The van der Waals surface area contributed by atoms with Gasteiger partial charge in [0.15, 0.2) is 0 Å². The van der Waals surface area contributed by atoms with Gasteiger partial charge in [0.1, 0.15) is 19.3 Å². The van der Waals surface area contributed by atoms with E-state index < -0.39 is 44.3 Å². The maximum Gasteiger partial charge on any atom is 0.472 e. The third-order valence-electron chi connectivity index (χ3n) is 6.67. The number of phosphoric ester groups is 1. The second-order valence-corrected chi connectivity index (χ2v) is 13.5. The second-order valence-electron chi connectivity index (χ2n) is 12.0. The van der Waals surface area contributed by atoms with Crippen LogP contribution in [0.4, 0.5) is 30.7 Å². The van der Waals surface area contributed by atoms with E-state index in [0.717, 1.165) is 64.2 Å². The molecule has 0 heterocycles. The van der Waals surface area contributed by atoms with Crippen LogP contribution in [0.2, 0.25) is 0 Å². The van der Waals surface area contributed by atoms with Crippen molar-refractivity contribution in [1.29, 1.82) is 0 Å². The van der Waals surface area contributed by atoms with Gasteiger partial charge in [-0.1, -0.05) is 70.6 Å². The summed E-state index contributed by atoms with van der Waals surface area (Å²) in [7, 11) is 1.44. The monoisotopic (exact) mass is 678 g/mol. The lowest BCUT2D eigenvalue weighted by Crippen LogP contribution is -2.51. The minimum absolute atomic E-state index is 0.0128. The molecule has 16 heteroatoms. The first kappa shape index (κ1) is 43.0. The first-order valence-electron chi connectivity index (χ1n) is 15.2. The van der Waals surface area contributed by atoms with Crippen LogP contribution in [0.25, 0.3) is 0 Å². The maximum absolute atomic E-state index is 13.2. The van der Waals surface area contributed by atoms with Crippen LogP contribution in [0.5, 0.6) is 0 Å². The van der Waals surface area contributed by atoms with Crippen LogP contribution in [-0.2, 0) is 27.9 Å². The van der Waals surface area contributed by atoms with Crippen molar-refractivity contribution >= 4 is 13.8 Å². The molecule has 1 N–H and O–H groups in total. The Kier molecular flexibility index (Phi) is 20.5. The Bertz CT molecular complexity index is 827. The molecule has 0 fully saturated rings. The zero-order valence-electron chi connectivity index (χ0n) is 26.4. The number of hydrogen-bond donors (Lipinski definition) is 1. The summed E-state index contributed by atoms with van der Waals surface area (Å²) in [6.45, 7) is 1.84. The Morgan fingerprint density at radius 1 is 0.727 bits per heavy atom. The Labute approximate surface area is 257 Å². The van der Waals surface area contributed by atoms with Gasteiger partial charge in [-0.2, -0.15) is 30.7 Å². The summed E-state index contributed by atoms with van der Waals surface area (Å²) in [4.78, 5) is 21.2. The van der Waals surface area contributed by atoms with Gasteiger partial charge in [0.2, 0.25) is 0 Å². The summed E-state index contributed by atoms with van der Waals surface area (Å²) in [6, 6.07) is 0. The van der Waals surface area contributed by atoms with Gasteiger partial charge in [0.25, 0.3) is 0 Å². The average Bonchev–Trinajstić information content (AvgIpc) is 2.87. The quantitative estimate of drug-likeness (QED) is 0.0309. The van der Waals surface area contributed by atoms with Crippen LogP contribution in [0.15, 0.2) is 0 Å². The summed E-state index contributed by atoms with van der Waals surface area (Å²) < 4.78 is 122. The molecule has 0 aromatic carbocycles. The summed E-state index contributed by atoms with van der Waals surface area (Å²) in [6.07, 6.45) is 1.09. The fourth-order valence-corrected chi connectivity index (χ4v) is 4.81. The summed E-state index contributed by atoms with van der Waals surface area (Å²) in [5.41, 5.74) is 0. The molecule has 8 nitrogen and oxygen atoms in total. The third kappa shape index (κ3) is 20.9. The van der Waals surface area contributed by atoms with Gasteiger partial charge < -0.3 is 18.9 Å². The van der Waals surface area contributed by atoms with E-state index >= 15 is 0 Å². The number of carbonyl (C=O) groups excluding carboxylic acids is 1. The highest BCUT2D eigenvalue weighted by atomic mass is 31.2. The summed E-state index contributed by atoms with van der Waals surface area (Å²) in [5.74, 6) is -11.7. The van der Waals surface area contributed by atoms with Crippen molar-refractivity contribution in [2.24, 2.45) is 0 Å². The van der Waals surface area contributed by atoms with Crippen molar-refractivity contribution in [2.45, 2.75) is 121 Å². The Hall–Kier alpha value is -0.990. The first-order valence-corrected chi connectivity index (χ1v) is 16.7. The minimum Gasteiger partial charge on any atom is -0.458 e. The van der Waals surface area contributed by atoms with Crippen molar-refractivity contribution < 1.29 is 68.0 Å². The highest BCUT2D eigenvalue weighted by molar-refractivity contribution is 7.47. The van der Waals surface area contributed by atoms with Gasteiger partial charge in [-0.3, -0.25) is 13.8 Å². The normalized spacial score (nSPS) is 15.3. The number of unbranched alkanes of at least 4 members (excludes halogenated alkanes) is 12. The molecule has 0 amide bonds. The van der Waals surface area contributed by atoms with E-state index in [-0.39, 0.29) is 32.7 Å². The van der Waals surface area contributed by atoms with E-state index in [4.69, 9.17) is 18.5 Å². The van der Waals surface area contributed by atoms with Gasteiger partial charge in [-0.25, -0.2) is 4.57 Å². The number of hydrogen-bond acceptors (Lipinski definition) is 6. The lowest BCUT2D eigenvalue weighted by molar-refractivity contribution is -0.870.